The summed E-state index contributed by atoms with van der Waals surface area (Å²) in [6.07, 6.45) is 0.970. The summed E-state index contributed by atoms with van der Waals surface area (Å²) in [5, 5.41) is 0. The molecule has 0 saturated carbocycles. The van der Waals surface area contributed by atoms with Gasteiger partial charge < -0.3 is 9.47 Å². The van der Waals surface area contributed by atoms with Crippen LogP contribution in [0.1, 0.15) is 52.2 Å². The van der Waals surface area contributed by atoms with Gasteiger partial charge in [0.2, 0.25) is 0 Å². The lowest BCUT2D eigenvalue weighted by molar-refractivity contribution is 0.105. The second-order valence-corrected chi connectivity index (χ2v) is 8.30. The Kier molecular flexibility index (Phi) is 5.79. The van der Waals surface area contributed by atoms with Crippen molar-refractivity contribution in [3.05, 3.63) is 90.0 Å². The van der Waals surface area contributed by atoms with Crippen molar-refractivity contribution in [3.63, 3.8) is 0 Å². The van der Waals surface area contributed by atoms with Crippen molar-refractivity contribution in [1.29, 1.82) is 0 Å². The Labute approximate surface area is 169 Å². The van der Waals surface area contributed by atoms with Crippen molar-refractivity contribution in [1.82, 2.24) is 0 Å². The van der Waals surface area contributed by atoms with E-state index in [2.05, 4.69) is 71.0 Å². The van der Waals surface area contributed by atoms with Gasteiger partial charge in [0.1, 0.15) is 22.8 Å². The highest BCUT2D eigenvalue weighted by molar-refractivity contribution is 5.42. The van der Waals surface area contributed by atoms with Crippen molar-refractivity contribution in [3.8, 4) is 17.2 Å². The summed E-state index contributed by atoms with van der Waals surface area (Å²) in [6, 6.07) is 26.7. The summed E-state index contributed by atoms with van der Waals surface area (Å²) in [4.78, 5) is 0. The average Bonchev–Trinajstić information content (AvgIpc) is 2.69. The molecule has 0 unspecified atom stereocenters. The zero-order valence-corrected chi connectivity index (χ0v) is 17.5. The number of rotatable bonds is 7. The van der Waals surface area contributed by atoms with E-state index in [-0.39, 0.29) is 11.0 Å². The van der Waals surface area contributed by atoms with Gasteiger partial charge in [-0.25, -0.2) is 0 Å². The third-order valence-corrected chi connectivity index (χ3v) is 5.38. The maximum Gasteiger partial charge on any atom is 0.127 e. The Bertz CT molecular complexity index is 876. The number of ether oxygens (including phenoxy) is 2. The van der Waals surface area contributed by atoms with E-state index in [4.69, 9.17) is 9.47 Å². The first-order valence-corrected chi connectivity index (χ1v) is 9.93. The first-order chi connectivity index (χ1) is 13.3. The molecule has 0 amide bonds. The minimum Gasteiger partial charge on any atom is -0.488 e. The van der Waals surface area contributed by atoms with Crippen LogP contribution in [0, 0.1) is 0 Å². The zero-order valence-electron chi connectivity index (χ0n) is 17.5. The number of benzene rings is 3. The molecular weight excluding hydrogens is 344 g/mol. The normalized spacial score (nSPS) is 11.9. The predicted molar refractivity (Wildman–Crippen MR) is 117 cm³/mol. The fourth-order valence-corrected chi connectivity index (χ4v) is 3.06. The van der Waals surface area contributed by atoms with Crippen molar-refractivity contribution in [2.24, 2.45) is 0 Å². The van der Waals surface area contributed by atoms with Gasteiger partial charge in [0.05, 0.1) is 0 Å². The SMILES string of the molecule is CCC(C)(C)Oc1ccc(C(C)(C)c2ccc(Oc3ccccc3)cc2)cc1. The molecule has 0 aliphatic carbocycles. The third kappa shape index (κ3) is 4.75. The van der Waals surface area contributed by atoms with Gasteiger partial charge in [-0.05, 0) is 67.8 Å². The van der Waals surface area contributed by atoms with E-state index in [9.17, 15) is 0 Å². The summed E-state index contributed by atoms with van der Waals surface area (Å²) in [7, 11) is 0. The van der Waals surface area contributed by atoms with Crippen LogP contribution in [0.4, 0.5) is 0 Å². The van der Waals surface area contributed by atoms with E-state index in [1.165, 1.54) is 11.1 Å². The second kappa shape index (κ2) is 8.10. The molecule has 146 valence electrons. The molecular formula is C26H30O2. The van der Waals surface area contributed by atoms with Crippen LogP contribution >= 0.6 is 0 Å². The Morgan fingerprint density at radius 1 is 0.607 bits per heavy atom. The number of hydrogen-bond donors (Lipinski definition) is 0. The Morgan fingerprint density at radius 2 is 1.07 bits per heavy atom. The molecule has 0 aliphatic heterocycles. The standard InChI is InChI=1S/C26H30O2/c1-6-25(2,3)28-24-18-14-21(15-19-24)26(4,5)20-12-16-23(17-13-20)27-22-10-8-7-9-11-22/h7-19H,6H2,1-5H3. The van der Waals surface area contributed by atoms with Gasteiger partial charge in [0.15, 0.2) is 0 Å². The predicted octanol–water partition coefficient (Wildman–Crippen LogP) is 7.37. The quantitative estimate of drug-likeness (QED) is 0.430. The lowest BCUT2D eigenvalue weighted by Crippen LogP contribution is -2.26. The van der Waals surface area contributed by atoms with Crippen molar-refractivity contribution >= 4 is 0 Å². The summed E-state index contributed by atoms with van der Waals surface area (Å²) in [5.74, 6) is 2.61. The van der Waals surface area contributed by atoms with E-state index in [1.807, 2.05) is 42.5 Å². The minimum atomic E-state index is -0.147. The molecule has 0 aliphatic rings. The Hall–Kier alpha value is -2.74. The molecule has 0 saturated heterocycles. The van der Waals surface area contributed by atoms with Crippen molar-refractivity contribution in [2.45, 2.75) is 52.1 Å². The molecule has 28 heavy (non-hydrogen) atoms. The van der Waals surface area contributed by atoms with Crippen molar-refractivity contribution in [2.75, 3.05) is 0 Å². The molecule has 2 nitrogen and oxygen atoms in total. The third-order valence-electron chi connectivity index (χ3n) is 5.38. The van der Waals surface area contributed by atoms with Gasteiger partial charge in [-0.3, -0.25) is 0 Å². The summed E-state index contributed by atoms with van der Waals surface area (Å²) in [6.45, 7) is 10.9. The fraction of sp³-hybridized carbons (Fsp3) is 0.308. The molecule has 0 spiro atoms. The maximum atomic E-state index is 6.08. The highest BCUT2D eigenvalue weighted by Crippen LogP contribution is 2.34. The van der Waals surface area contributed by atoms with Gasteiger partial charge >= 0.3 is 0 Å². The van der Waals surface area contributed by atoms with E-state index in [0.717, 1.165) is 23.7 Å². The molecule has 3 aromatic rings. The molecule has 0 fully saturated rings. The molecule has 0 radical (unpaired) electrons. The van der Waals surface area contributed by atoms with Crippen molar-refractivity contribution < 1.29 is 9.47 Å². The molecule has 0 bridgehead atoms. The molecule has 2 heteroatoms. The van der Waals surface area contributed by atoms with E-state index in [0.29, 0.717) is 0 Å². The highest BCUT2D eigenvalue weighted by atomic mass is 16.5. The molecule has 0 aromatic heterocycles. The molecule has 0 atom stereocenters. The topological polar surface area (TPSA) is 18.5 Å². The lowest BCUT2D eigenvalue weighted by atomic mass is 9.78. The van der Waals surface area contributed by atoms with Crippen LogP contribution in [0.15, 0.2) is 78.9 Å². The summed E-state index contributed by atoms with van der Waals surface area (Å²) >= 11 is 0. The average molecular weight is 375 g/mol. The van der Waals surface area contributed by atoms with Crippen LogP contribution in [-0.2, 0) is 5.41 Å². The molecule has 3 rings (SSSR count). The van der Waals surface area contributed by atoms with Crippen LogP contribution < -0.4 is 9.47 Å². The summed E-state index contributed by atoms with van der Waals surface area (Å²) < 4.78 is 12.0. The first kappa shape index (κ1) is 20.0. The van der Waals surface area contributed by atoms with E-state index in [1.54, 1.807) is 0 Å². The first-order valence-electron chi connectivity index (χ1n) is 9.93. The van der Waals surface area contributed by atoms with Gasteiger partial charge in [0, 0.05) is 5.41 Å². The number of hydrogen-bond acceptors (Lipinski definition) is 2. The van der Waals surface area contributed by atoms with Gasteiger partial charge in [-0.15, -0.1) is 0 Å². The van der Waals surface area contributed by atoms with Gasteiger partial charge in [0.25, 0.3) is 0 Å². The van der Waals surface area contributed by atoms with Crippen LogP contribution in [0.3, 0.4) is 0 Å². The highest BCUT2D eigenvalue weighted by Gasteiger charge is 2.24. The second-order valence-electron chi connectivity index (χ2n) is 8.30. The van der Waals surface area contributed by atoms with Gasteiger partial charge in [-0.1, -0.05) is 63.2 Å². The van der Waals surface area contributed by atoms with Crippen LogP contribution in [0.2, 0.25) is 0 Å². The van der Waals surface area contributed by atoms with Crippen LogP contribution in [0.5, 0.6) is 17.2 Å². The molecule has 0 heterocycles. The largest absolute Gasteiger partial charge is 0.488 e. The molecule has 0 N–H and O–H groups in total. The Balaban J connectivity index is 1.75. The summed E-state index contributed by atoms with van der Waals surface area (Å²) in [5.41, 5.74) is 2.25. The lowest BCUT2D eigenvalue weighted by Gasteiger charge is -2.28. The fourth-order valence-electron chi connectivity index (χ4n) is 3.06. The van der Waals surface area contributed by atoms with E-state index < -0.39 is 0 Å². The minimum absolute atomic E-state index is 0.107. The number of para-hydroxylation sites is 1. The molecule has 3 aromatic carbocycles. The zero-order chi connectivity index (χ0) is 20.2. The maximum absolute atomic E-state index is 6.08. The van der Waals surface area contributed by atoms with Crippen LogP contribution in [0.25, 0.3) is 0 Å². The monoisotopic (exact) mass is 374 g/mol. The Morgan fingerprint density at radius 3 is 1.57 bits per heavy atom. The van der Waals surface area contributed by atoms with Crippen LogP contribution in [-0.4, -0.2) is 5.60 Å². The van der Waals surface area contributed by atoms with Gasteiger partial charge in [-0.2, -0.15) is 0 Å². The van der Waals surface area contributed by atoms with E-state index >= 15 is 0 Å². The smallest absolute Gasteiger partial charge is 0.127 e.